The zero-order chi connectivity index (χ0) is 22.6. The molecular formula is C26H21N5O2. The van der Waals surface area contributed by atoms with Crippen LogP contribution < -0.4 is 10.9 Å². The van der Waals surface area contributed by atoms with Gasteiger partial charge < -0.3 is 15.3 Å². The van der Waals surface area contributed by atoms with Crippen LogP contribution in [0.15, 0.2) is 89.9 Å². The van der Waals surface area contributed by atoms with Crippen LogP contribution in [-0.2, 0) is 11.2 Å². The van der Waals surface area contributed by atoms with Crippen LogP contribution in [0.3, 0.4) is 0 Å². The van der Waals surface area contributed by atoms with Gasteiger partial charge >= 0.3 is 0 Å². The first kappa shape index (κ1) is 20.4. The molecule has 2 aromatic heterocycles. The van der Waals surface area contributed by atoms with Crippen molar-refractivity contribution >= 4 is 22.5 Å². The Bertz CT molecular complexity index is 1470. The van der Waals surface area contributed by atoms with Gasteiger partial charge in [-0.15, -0.1) is 0 Å². The highest BCUT2D eigenvalue weighted by Crippen LogP contribution is 2.23. The summed E-state index contributed by atoms with van der Waals surface area (Å²) in [6.45, 7) is 0. The van der Waals surface area contributed by atoms with Crippen LogP contribution in [-0.4, -0.2) is 25.8 Å². The molecule has 0 aliphatic carbocycles. The molecule has 3 N–H and O–H groups in total. The molecule has 0 radical (unpaired) electrons. The second kappa shape index (κ2) is 8.92. The summed E-state index contributed by atoms with van der Waals surface area (Å²) in [4.78, 5) is 39.5. The third kappa shape index (κ3) is 4.57. The van der Waals surface area contributed by atoms with E-state index < -0.39 is 0 Å². The van der Waals surface area contributed by atoms with Gasteiger partial charge in [-0.05, 0) is 42.0 Å². The lowest BCUT2D eigenvalue weighted by molar-refractivity contribution is -0.116. The summed E-state index contributed by atoms with van der Waals surface area (Å²) in [5.74, 6) is 1.11. The van der Waals surface area contributed by atoms with E-state index in [0.29, 0.717) is 28.8 Å². The summed E-state index contributed by atoms with van der Waals surface area (Å²) in [6, 6.07) is 24.7. The molecule has 0 aliphatic rings. The Morgan fingerprint density at radius 3 is 2.42 bits per heavy atom. The van der Waals surface area contributed by atoms with Crippen LogP contribution >= 0.6 is 0 Å². The number of imidazole rings is 1. The number of rotatable bonds is 6. The number of carbonyl (C=O) groups is 1. The summed E-state index contributed by atoms with van der Waals surface area (Å²) in [5, 5.41) is 3.42. The van der Waals surface area contributed by atoms with E-state index in [-0.39, 0.29) is 17.9 Å². The number of hydrogen-bond donors (Lipinski definition) is 3. The fourth-order valence-electron chi connectivity index (χ4n) is 3.65. The van der Waals surface area contributed by atoms with Gasteiger partial charge in [0, 0.05) is 24.1 Å². The van der Waals surface area contributed by atoms with Crippen molar-refractivity contribution in [3.05, 3.63) is 101 Å². The highest BCUT2D eigenvalue weighted by atomic mass is 16.1. The lowest BCUT2D eigenvalue weighted by Gasteiger charge is -2.06. The number of amides is 1. The topological polar surface area (TPSA) is 104 Å². The Labute approximate surface area is 189 Å². The molecule has 7 heteroatoms. The maximum absolute atomic E-state index is 12.4. The summed E-state index contributed by atoms with van der Waals surface area (Å²) in [6.07, 6.45) is 2.37. The number of hydrogen-bond acceptors (Lipinski definition) is 4. The molecule has 0 aliphatic heterocycles. The zero-order valence-electron chi connectivity index (χ0n) is 17.7. The minimum Gasteiger partial charge on any atom is -0.338 e. The van der Waals surface area contributed by atoms with Gasteiger partial charge in [-0.25, -0.2) is 9.97 Å². The monoisotopic (exact) mass is 435 g/mol. The van der Waals surface area contributed by atoms with E-state index in [9.17, 15) is 9.59 Å². The fourth-order valence-corrected chi connectivity index (χ4v) is 3.65. The average molecular weight is 435 g/mol. The molecule has 0 saturated heterocycles. The van der Waals surface area contributed by atoms with E-state index in [2.05, 4.69) is 25.3 Å². The van der Waals surface area contributed by atoms with Crippen LogP contribution in [0.5, 0.6) is 0 Å². The van der Waals surface area contributed by atoms with Gasteiger partial charge in [-0.1, -0.05) is 42.5 Å². The average Bonchev–Trinajstić information content (AvgIpc) is 3.34. The molecule has 0 unspecified atom stereocenters. The van der Waals surface area contributed by atoms with E-state index in [1.165, 1.54) is 0 Å². The van der Waals surface area contributed by atoms with Crippen molar-refractivity contribution in [3.8, 4) is 22.6 Å². The van der Waals surface area contributed by atoms with Gasteiger partial charge in [0.15, 0.2) is 0 Å². The number of H-pyrrole nitrogens is 2. The number of benzene rings is 3. The quantitative estimate of drug-likeness (QED) is 0.364. The summed E-state index contributed by atoms with van der Waals surface area (Å²) < 4.78 is 0. The predicted molar refractivity (Wildman–Crippen MR) is 129 cm³/mol. The molecule has 0 saturated carbocycles. The lowest BCUT2D eigenvalue weighted by Crippen LogP contribution is -2.16. The van der Waals surface area contributed by atoms with Gasteiger partial charge in [-0.2, -0.15) is 0 Å². The first-order chi connectivity index (χ1) is 16.2. The van der Waals surface area contributed by atoms with Crippen molar-refractivity contribution < 1.29 is 4.79 Å². The third-order valence-electron chi connectivity index (χ3n) is 5.35. The van der Waals surface area contributed by atoms with Crippen molar-refractivity contribution in [3.63, 3.8) is 0 Å². The number of carbonyl (C=O) groups excluding carboxylic acids is 1. The molecule has 0 spiro atoms. The van der Waals surface area contributed by atoms with Crippen LogP contribution in [0.25, 0.3) is 33.5 Å². The SMILES string of the molecule is O=C(CCc1nc2ccccc2c(=O)[nH]1)Nc1ccc(-c2ncc(-c3ccccc3)[nH]2)cc1. The molecule has 5 rings (SSSR count). The van der Waals surface area contributed by atoms with Crippen LogP contribution in [0.1, 0.15) is 12.2 Å². The molecule has 7 nitrogen and oxygen atoms in total. The van der Waals surface area contributed by atoms with E-state index >= 15 is 0 Å². The summed E-state index contributed by atoms with van der Waals surface area (Å²) in [7, 11) is 0. The second-order valence-electron chi connectivity index (χ2n) is 7.67. The minimum absolute atomic E-state index is 0.150. The molecule has 5 aromatic rings. The standard InChI is InChI=1S/C26H21N5O2/c32-24(15-14-23-29-21-9-5-4-8-20(21)26(33)31-23)28-19-12-10-18(11-13-19)25-27-16-22(30-25)17-6-2-1-3-7-17/h1-13,16H,14-15H2,(H,27,30)(H,28,32)(H,29,31,33). The molecule has 3 aromatic carbocycles. The van der Waals surface area contributed by atoms with E-state index in [1.807, 2.05) is 66.9 Å². The Morgan fingerprint density at radius 1 is 0.848 bits per heavy atom. The fraction of sp³-hybridized carbons (Fsp3) is 0.0769. The van der Waals surface area contributed by atoms with Gasteiger partial charge in [0.05, 0.1) is 22.8 Å². The second-order valence-corrected chi connectivity index (χ2v) is 7.67. The number of fused-ring (bicyclic) bond motifs is 1. The Kier molecular flexibility index (Phi) is 5.51. The molecule has 1 amide bonds. The summed E-state index contributed by atoms with van der Waals surface area (Å²) in [5.41, 5.74) is 4.07. The first-order valence-corrected chi connectivity index (χ1v) is 10.6. The van der Waals surface area contributed by atoms with E-state index in [4.69, 9.17) is 0 Å². The van der Waals surface area contributed by atoms with Crippen molar-refractivity contribution in [1.82, 2.24) is 19.9 Å². The van der Waals surface area contributed by atoms with E-state index in [0.717, 1.165) is 22.6 Å². The Hall–Kier alpha value is -4.52. The highest BCUT2D eigenvalue weighted by Gasteiger charge is 2.09. The van der Waals surface area contributed by atoms with Crippen LogP contribution in [0.2, 0.25) is 0 Å². The number of nitrogens with zero attached hydrogens (tertiary/aromatic N) is 2. The number of para-hydroxylation sites is 1. The number of anilines is 1. The van der Waals surface area contributed by atoms with Crippen molar-refractivity contribution in [1.29, 1.82) is 0 Å². The largest absolute Gasteiger partial charge is 0.338 e. The lowest BCUT2D eigenvalue weighted by atomic mass is 10.1. The van der Waals surface area contributed by atoms with E-state index in [1.54, 1.807) is 18.2 Å². The molecule has 0 bridgehead atoms. The molecule has 162 valence electrons. The van der Waals surface area contributed by atoms with Gasteiger partial charge in [0.1, 0.15) is 11.6 Å². The summed E-state index contributed by atoms with van der Waals surface area (Å²) >= 11 is 0. The maximum atomic E-state index is 12.4. The van der Waals surface area contributed by atoms with Crippen molar-refractivity contribution in [2.45, 2.75) is 12.8 Å². The molecular weight excluding hydrogens is 414 g/mol. The molecule has 2 heterocycles. The van der Waals surface area contributed by atoms with Gasteiger partial charge in [0.2, 0.25) is 5.91 Å². The first-order valence-electron chi connectivity index (χ1n) is 10.6. The third-order valence-corrected chi connectivity index (χ3v) is 5.35. The van der Waals surface area contributed by atoms with Crippen LogP contribution in [0, 0.1) is 0 Å². The minimum atomic E-state index is -0.194. The highest BCUT2D eigenvalue weighted by molar-refractivity contribution is 5.91. The van der Waals surface area contributed by atoms with Crippen molar-refractivity contribution in [2.24, 2.45) is 0 Å². The molecule has 0 fully saturated rings. The number of nitrogens with one attached hydrogen (secondary N) is 3. The number of aromatic nitrogens is 4. The Balaban J connectivity index is 1.21. The molecule has 33 heavy (non-hydrogen) atoms. The van der Waals surface area contributed by atoms with Gasteiger partial charge in [-0.3, -0.25) is 9.59 Å². The smallest absolute Gasteiger partial charge is 0.258 e. The zero-order valence-corrected chi connectivity index (χ0v) is 17.7. The van der Waals surface area contributed by atoms with Crippen LogP contribution in [0.4, 0.5) is 5.69 Å². The number of aromatic amines is 2. The Morgan fingerprint density at radius 2 is 1.61 bits per heavy atom. The predicted octanol–water partition coefficient (Wildman–Crippen LogP) is 4.55. The maximum Gasteiger partial charge on any atom is 0.258 e. The molecule has 0 atom stereocenters. The number of aryl methyl sites for hydroxylation is 1. The van der Waals surface area contributed by atoms with Gasteiger partial charge in [0.25, 0.3) is 5.56 Å². The normalized spacial score (nSPS) is 10.9. The van der Waals surface area contributed by atoms with Crippen molar-refractivity contribution in [2.75, 3.05) is 5.32 Å².